The van der Waals surface area contributed by atoms with E-state index in [-0.39, 0.29) is 0 Å². The zero-order valence-electron chi connectivity index (χ0n) is 12.4. The van der Waals surface area contributed by atoms with Crippen LogP contribution in [0.4, 0.5) is 0 Å². The van der Waals surface area contributed by atoms with Gasteiger partial charge in [-0.15, -0.1) is 0 Å². The molecule has 0 spiro atoms. The van der Waals surface area contributed by atoms with Crippen LogP contribution in [0.3, 0.4) is 0 Å². The van der Waals surface area contributed by atoms with Crippen molar-refractivity contribution in [2.45, 2.75) is 45.4 Å². The van der Waals surface area contributed by atoms with Crippen molar-refractivity contribution in [2.24, 2.45) is 5.92 Å². The summed E-state index contributed by atoms with van der Waals surface area (Å²) >= 11 is 0. The number of hydrogen-bond acceptors (Lipinski definition) is 1. The Kier molecular flexibility index (Phi) is 4.28. The van der Waals surface area contributed by atoms with Crippen molar-refractivity contribution in [1.82, 2.24) is 4.90 Å². The van der Waals surface area contributed by atoms with Gasteiger partial charge in [-0.3, -0.25) is 0 Å². The van der Waals surface area contributed by atoms with Gasteiger partial charge in [0.15, 0.2) is 0 Å². The van der Waals surface area contributed by atoms with Gasteiger partial charge in [0.1, 0.15) is 0 Å². The van der Waals surface area contributed by atoms with Gasteiger partial charge in [0.2, 0.25) is 0 Å². The van der Waals surface area contributed by atoms with E-state index in [1.54, 1.807) is 5.19 Å². The van der Waals surface area contributed by atoms with Crippen molar-refractivity contribution >= 4 is 13.3 Å². The third kappa shape index (κ3) is 3.69. The summed E-state index contributed by atoms with van der Waals surface area (Å²) in [4.78, 5) is 2.48. The number of benzene rings is 1. The molecule has 0 bridgehead atoms. The van der Waals surface area contributed by atoms with E-state index in [9.17, 15) is 0 Å². The fourth-order valence-corrected chi connectivity index (χ4v) is 3.77. The van der Waals surface area contributed by atoms with Crippen molar-refractivity contribution in [3.8, 4) is 0 Å². The van der Waals surface area contributed by atoms with Crippen molar-refractivity contribution in [3.05, 3.63) is 29.8 Å². The molecule has 1 aromatic rings. The first-order valence-corrected chi connectivity index (χ1v) is 10.7. The van der Waals surface area contributed by atoms with Crippen LogP contribution >= 0.6 is 0 Å². The molecule has 0 aromatic heterocycles. The molecule has 1 saturated carbocycles. The summed E-state index contributed by atoms with van der Waals surface area (Å²) in [7, 11) is 1.12. The smallest absolute Gasteiger partial charge is 0.0775 e. The maximum absolute atomic E-state index is 2.48. The Balaban J connectivity index is 1.89. The van der Waals surface area contributed by atoms with Gasteiger partial charge in [0.25, 0.3) is 0 Å². The quantitative estimate of drug-likeness (QED) is 0.734. The molecular weight excluding hydrogens is 234 g/mol. The van der Waals surface area contributed by atoms with E-state index >= 15 is 0 Å². The van der Waals surface area contributed by atoms with E-state index in [4.69, 9.17) is 0 Å². The van der Waals surface area contributed by atoms with Crippen LogP contribution in [-0.4, -0.2) is 26.6 Å². The maximum Gasteiger partial charge on any atom is 0.0775 e. The van der Waals surface area contributed by atoms with Crippen molar-refractivity contribution in [2.75, 3.05) is 13.6 Å². The Hall–Kier alpha value is -0.603. The standard InChI is InChI=1S/C16H27NSi/c1-17(12-14-6-5-7-14)13-15-8-10-16(11-9-15)18(2,3)4/h8-11,14H,5-7,12-13H2,1-4H3. The lowest BCUT2D eigenvalue weighted by Crippen LogP contribution is -2.37. The zero-order chi connectivity index (χ0) is 13.2. The summed E-state index contributed by atoms with van der Waals surface area (Å²) in [6.45, 7) is 9.60. The third-order valence-corrected chi connectivity index (χ3v) is 6.13. The highest BCUT2D eigenvalue weighted by molar-refractivity contribution is 6.88. The summed E-state index contributed by atoms with van der Waals surface area (Å²) in [5.74, 6) is 0.969. The molecule has 0 unspecified atom stereocenters. The van der Waals surface area contributed by atoms with Crippen LogP contribution in [0.2, 0.25) is 19.6 Å². The molecule has 0 aliphatic heterocycles. The topological polar surface area (TPSA) is 3.24 Å². The molecule has 0 saturated heterocycles. The van der Waals surface area contributed by atoms with E-state index < -0.39 is 8.07 Å². The van der Waals surface area contributed by atoms with E-state index in [0.717, 1.165) is 12.5 Å². The van der Waals surface area contributed by atoms with Crippen LogP contribution in [0.1, 0.15) is 24.8 Å². The van der Waals surface area contributed by atoms with Gasteiger partial charge in [-0.2, -0.15) is 0 Å². The fraction of sp³-hybridized carbons (Fsp3) is 0.625. The van der Waals surface area contributed by atoms with Crippen LogP contribution in [0.25, 0.3) is 0 Å². The minimum absolute atomic E-state index is 0.969. The fourth-order valence-electron chi connectivity index (χ4n) is 2.60. The second-order valence-electron chi connectivity index (χ2n) is 6.94. The van der Waals surface area contributed by atoms with Crippen LogP contribution in [0.5, 0.6) is 0 Å². The van der Waals surface area contributed by atoms with Gasteiger partial charge in [-0.25, -0.2) is 0 Å². The van der Waals surface area contributed by atoms with E-state index in [0.29, 0.717) is 0 Å². The highest BCUT2D eigenvalue weighted by atomic mass is 28.3. The van der Waals surface area contributed by atoms with E-state index in [1.165, 1.54) is 31.4 Å². The third-order valence-electron chi connectivity index (χ3n) is 4.07. The van der Waals surface area contributed by atoms with Gasteiger partial charge in [0.05, 0.1) is 8.07 Å². The molecule has 1 fully saturated rings. The van der Waals surface area contributed by atoms with Gasteiger partial charge in [-0.1, -0.05) is 55.5 Å². The molecule has 0 N–H and O–H groups in total. The normalized spacial score (nSPS) is 16.9. The van der Waals surface area contributed by atoms with Gasteiger partial charge >= 0.3 is 0 Å². The molecule has 1 aliphatic rings. The Morgan fingerprint density at radius 2 is 1.72 bits per heavy atom. The average Bonchev–Trinajstić information content (AvgIpc) is 2.23. The second-order valence-corrected chi connectivity index (χ2v) is 12.0. The zero-order valence-corrected chi connectivity index (χ0v) is 13.4. The molecule has 18 heavy (non-hydrogen) atoms. The minimum atomic E-state index is -1.13. The van der Waals surface area contributed by atoms with Crippen molar-refractivity contribution < 1.29 is 0 Å². The highest BCUT2D eigenvalue weighted by Crippen LogP contribution is 2.27. The molecule has 2 heteroatoms. The number of rotatable bonds is 5. The summed E-state index contributed by atoms with van der Waals surface area (Å²) in [5.41, 5.74) is 1.46. The Bertz CT molecular complexity index is 373. The Morgan fingerprint density at radius 3 is 2.17 bits per heavy atom. The second kappa shape index (κ2) is 5.58. The number of nitrogens with zero attached hydrogens (tertiary/aromatic N) is 1. The summed E-state index contributed by atoms with van der Waals surface area (Å²) < 4.78 is 0. The molecule has 1 aromatic carbocycles. The first-order valence-electron chi connectivity index (χ1n) is 7.23. The van der Waals surface area contributed by atoms with Crippen LogP contribution < -0.4 is 5.19 Å². The monoisotopic (exact) mass is 261 g/mol. The molecule has 0 amide bonds. The average molecular weight is 261 g/mol. The largest absolute Gasteiger partial charge is 0.302 e. The summed E-state index contributed by atoms with van der Waals surface area (Å²) in [5, 5.41) is 1.56. The molecule has 2 rings (SSSR count). The predicted molar refractivity (Wildman–Crippen MR) is 83.1 cm³/mol. The molecule has 1 nitrogen and oxygen atoms in total. The van der Waals surface area contributed by atoms with E-state index in [1.807, 2.05) is 0 Å². The Labute approximate surface area is 113 Å². The predicted octanol–water partition coefficient (Wildman–Crippen LogP) is 3.46. The first kappa shape index (κ1) is 13.8. The lowest BCUT2D eigenvalue weighted by molar-refractivity contribution is 0.200. The van der Waals surface area contributed by atoms with Crippen molar-refractivity contribution in [1.29, 1.82) is 0 Å². The Morgan fingerprint density at radius 1 is 1.11 bits per heavy atom. The minimum Gasteiger partial charge on any atom is -0.302 e. The SMILES string of the molecule is CN(Cc1ccc([Si](C)(C)C)cc1)CC1CCC1. The molecular formula is C16H27NSi. The van der Waals surface area contributed by atoms with Crippen molar-refractivity contribution in [3.63, 3.8) is 0 Å². The van der Waals surface area contributed by atoms with Crippen LogP contribution in [0, 0.1) is 5.92 Å². The van der Waals surface area contributed by atoms with E-state index in [2.05, 4.69) is 55.9 Å². The molecule has 1 aliphatic carbocycles. The maximum atomic E-state index is 2.48. The van der Waals surface area contributed by atoms with Crippen LogP contribution in [0.15, 0.2) is 24.3 Å². The molecule has 0 atom stereocenters. The lowest BCUT2D eigenvalue weighted by atomic mass is 9.85. The van der Waals surface area contributed by atoms with Gasteiger partial charge in [0, 0.05) is 13.1 Å². The molecule has 0 radical (unpaired) electrons. The van der Waals surface area contributed by atoms with Crippen LogP contribution in [-0.2, 0) is 6.54 Å². The molecule has 0 heterocycles. The first-order chi connectivity index (χ1) is 8.45. The van der Waals surface area contributed by atoms with Gasteiger partial charge in [-0.05, 0) is 31.4 Å². The highest BCUT2D eigenvalue weighted by Gasteiger charge is 2.19. The summed E-state index contributed by atoms with van der Waals surface area (Å²) in [6.07, 6.45) is 4.33. The summed E-state index contributed by atoms with van der Waals surface area (Å²) in [6, 6.07) is 9.34. The number of hydrogen-bond donors (Lipinski definition) is 0. The van der Waals surface area contributed by atoms with Gasteiger partial charge < -0.3 is 4.90 Å². The molecule has 100 valence electrons. The lowest BCUT2D eigenvalue weighted by Gasteiger charge is -2.30.